The Kier molecular flexibility index (Phi) is 2.78. The average Bonchev–Trinajstić information content (AvgIpc) is 2.76. The molecule has 1 heterocycles. The van der Waals surface area contributed by atoms with Crippen LogP contribution in [0.2, 0.25) is 0 Å². The molecule has 15 heavy (non-hydrogen) atoms. The lowest BCUT2D eigenvalue weighted by Crippen LogP contribution is -1.89. The van der Waals surface area contributed by atoms with Gasteiger partial charge in [-0.3, -0.25) is 4.79 Å². The number of rotatable bonds is 3. The molecule has 0 saturated carbocycles. The van der Waals surface area contributed by atoms with Crippen LogP contribution in [0.15, 0.2) is 29.6 Å². The fourth-order valence-corrected chi connectivity index (χ4v) is 2.05. The summed E-state index contributed by atoms with van der Waals surface area (Å²) in [6.07, 6.45) is 0.840. The van der Waals surface area contributed by atoms with Crippen LogP contribution in [0.3, 0.4) is 0 Å². The van der Waals surface area contributed by atoms with Crippen LogP contribution in [0.5, 0.6) is 5.88 Å². The van der Waals surface area contributed by atoms with Crippen molar-refractivity contribution in [1.82, 2.24) is 4.37 Å². The minimum atomic E-state index is 0.564. The zero-order valence-electron chi connectivity index (χ0n) is 8.14. The number of benzene rings is 1. The van der Waals surface area contributed by atoms with Gasteiger partial charge in [-0.1, -0.05) is 24.3 Å². The third-order valence-electron chi connectivity index (χ3n) is 2.11. The molecule has 0 aliphatic rings. The summed E-state index contributed by atoms with van der Waals surface area (Å²) in [6, 6.07) is 7.38. The monoisotopic (exact) mass is 219 g/mol. The molecule has 0 radical (unpaired) electrons. The summed E-state index contributed by atoms with van der Waals surface area (Å²) in [5.74, 6) is 0.564. The first-order valence-corrected chi connectivity index (χ1v) is 5.23. The molecule has 2 rings (SSSR count). The molecule has 0 N–H and O–H groups in total. The Balaban J connectivity index is 2.58. The topological polar surface area (TPSA) is 39.2 Å². The number of carbonyl (C=O) groups excluding carboxylic acids is 1. The summed E-state index contributed by atoms with van der Waals surface area (Å²) >= 11 is 1.31. The molecule has 0 atom stereocenters. The van der Waals surface area contributed by atoms with E-state index in [-0.39, 0.29) is 0 Å². The second-order valence-corrected chi connectivity index (χ2v) is 3.57. The lowest BCUT2D eigenvalue weighted by atomic mass is 10.0. The molecule has 0 saturated heterocycles. The van der Waals surface area contributed by atoms with Gasteiger partial charge in [0.15, 0.2) is 6.29 Å². The normalized spacial score (nSPS) is 9.93. The summed E-state index contributed by atoms with van der Waals surface area (Å²) < 4.78 is 9.21. The van der Waals surface area contributed by atoms with Gasteiger partial charge in [-0.05, 0) is 17.1 Å². The first kappa shape index (κ1) is 9.86. The molecule has 1 aromatic heterocycles. The molecule has 0 amide bonds. The van der Waals surface area contributed by atoms with E-state index in [0.717, 1.165) is 17.4 Å². The van der Waals surface area contributed by atoms with Crippen molar-refractivity contribution in [1.29, 1.82) is 0 Å². The summed E-state index contributed by atoms with van der Waals surface area (Å²) in [5, 5.41) is 1.88. The highest BCUT2D eigenvalue weighted by molar-refractivity contribution is 7.04. The first-order chi connectivity index (χ1) is 7.36. The Morgan fingerprint density at radius 1 is 1.33 bits per heavy atom. The molecule has 0 fully saturated rings. The van der Waals surface area contributed by atoms with Crippen molar-refractivity contribution in [3.8, 4) is 17.0 Å². The van der Waals surface area contributed by atoms with E-state index in [1.807, 2.05) is 23.6 Å². The molecule has 1 aromatic carbocycles. The van der Waals surface area contributed by atoms with E-state index in [0.29, 0.717) is 11.4 Å². The van der Waals surface area contributed by atoms with Crippen LogP contribution in [0.25, 0.3) is 11.1 Å². The average molecular weight is 219 g/mol. The Hall–Kier alpha value is -1.68. The number of hydrogen-bond donors (Lipinski definition) is 0. The van der Waals surface area contributed by atoms with Crippen molar-refractivity contribution in [3.63, 3.8) is 0 Å². The van der Waals surface area contributed by atoms with Crippen LogP contribution in [-0.4, -0.2) is 17.8 Å². The van der Waals surface area contributed by atoms with Crippen LogP contribution < -0.4 is 4.74 Å². The molecule has 76 valence electrons. The van der Waals surface area contributed by atoms with Crippen LogP contribution in [0.1, 0.15) is 10.4 Å². The Labute approximate surface area is 91.5 Å². The maximum Gasteiger partial charge on any atom is 0.232 e. The van der Waals surface area contributed by atoms with Gasteiger partial charge in [0.05, 0.1) is 12.7 Å². The summed E-state index contributed by atoms with van der Waals surface area (Å²) in [5.41, 5.74) is 2.37. The molecular formula is C11H9NO2S. The Morgan fingerprint density at radius 2 is 2.13 bits per heavy atom. The van der Waals surface area contributed by atoms with Crippen LogP contribution >= 0.6 is 11.5 Å². The number of methoxy groups -OCH3 is 1. The predicted molar refractivity (Wildman–Crippen MR) is 59.5 cm³/mol. The molecule has 0 aliphatic heterocycles. The standard InChI is InChI=1S/C11H9NO2S/c1-14-11-10(7-15-12-11)9-5-3-2-4-8(9)6-13/h2-7H,1H3. The van der Waals surface area contributed by atoms with Gasteiger partial charge >= 0.3 is 0 Å². The highest BCUT2D eigenvalue weighted by atomic mass is 32.1. The summed E-state index contributed by atoms with van der Waals surface area (Å²) in [6.45, 7) is 0. The van der Waals surface area contributed by atoms with Gasteiger partial charge in [-0.25, -0.2) is 0 Å². The van der Waals surface area contributed by atoms with Crippen molar-refractivity contribution >= 4 is 17.8 Å². The largest absolute Gasteiger partial charge is 0.480 e. The van der Waals surface area contributed by atoms with E-state index in [2.05, 4.69) is 4.37 Å². The predicted octanol–water partition coefficient (Wildman–Crippen LogP) is 2.63. The van der Waals surface area contributed by atoms with Gasteiger partial charge in [0.25, 0.3) is 0 Å². The van der Waals surface area contributed by atoms with E-state index in [4.69, 9.17) is 4.74 Å². The Bertz CT molecular complexity index is 479. The Morgan fingerprint density at radius 3 is 2.87 bits per heavy atom. The quantitative estimate of drug-likeness (QED) is 0.745. The smallest absolute Gasteiger partial charge is 0.232 e. The van der Waals surface area contributed by atoms with Crippen LogP contribution in [0.4, 0.5) is 0 Å². The number of ether oxygens (including phenoxy) is 1. The maximum atomic E-state index is 10.9. The zero-order valence-corrected chi connectivity index (χ0v) is 8.95. The SMILES string of the molecule is COc1nscc1-c1ccccc1C=O. The molecule has 0 spiro atoms. The number of aromatic nitrogens is 1. The van der Waals surface area contributed by atoms with Crippen LogP contribution in [-0.2, 0) is 0 Å². The van der Waals surface area contributed by atoms with E-state index < -0.39 is 0 Å². The zero-order chi connectivity index (χ0) is 10.7. The van der Waals surface area contributed by atoms with Gasteiger partial charge in [-0.15, -0.1) is 0 Å². The second-order valence-electron chi connectivity index (χ2n) is 2.94. The summed E-state index contributed by atoms with van der Waals surface area (Å²) in [7, 11) is 1.57. The number of carbonyl (C=O) groups is 1. The van der Waals surface area contributed by atoms with E-state index in [1.165, 1.54) is 11.5 Å². The van der Waals surface area contributed by atoms with Gasteiger partial charge in [0, 0.05) is 10.9 Å². The van der Waals surface area contributed by atoms with E-state index >= 15 is 0 Å². The third-order valence-corrected chi connectivity index (χ3v) is 2.72. The van der Waals surface area contributed by atoms with Gasteiger partial charge < -0.3 is 4.74 Å². The molecular weight excluding hydrogens is 210 g/mol. The van der Waals surface area contributed by atoms with Crippen molar-refractivity contribution in [2.75, 3.05) is 7.11 Å². The number of nitrogens with zero attached hydrogens (tertiary/aromatic N) is 1. The third kappa shape index (κ3) is 1.76. The molecule has 0 aliphatic carbocycles. The number of hydrogen-bond acceptors (Lipinski definition) is 4. The number of aldehydes is 1. The summed E-state index contributed by atoms with van der Waals surface area (Å²) in [4.78, 5) is 10.9. The van der Waals surface area contributed by atoms with Crippen LogP contribution in [0, 0.1) is 0 Å². The molecule has 0 bridgehead atoms. The van der Waals surface area contributed by atoms with Crippen molar-refractivity contribution in [3.05, 3.63) is 35.2 Å². The minimum Gasteiger partial charge on any atom is -0.480 e. The van der Waals surface area contributed by atoms with Gasteiger partial charge in [-0.2, -0.15) is 4.37 Å². The second kappa shape index (κ2) is 4.23. The van der Waals surface area contributed by atoms with Crippen molar-refractivity contribution < 1.29 is 9.53 Å². The van der Waals surface area contributed by atoms with Gasteiger partial charge in [0.1, 0.15) is 0 Å². The highest BCUT2D eigenvalue weighted by Crippen LogP contribution is 2.32. The van der Waals surface area contributed by atoms with Crippen molar-refractivity contribution in [2.45, 2.75) is 0 Å². The molecule has 4 heteroatoms. The fourth-order valence-electron chi connectivity index (χ4n) is 1.40. The molecule has 2 aromatic rings. The molecule has 0 unspecified atom stereocenters. The minimum absolute atomic E-state index is 0.564. The van der Waals surface area contributed by atoms with Gasteiger partial charge in [0.2, 0.25) is 5.88 Å². The van der Waals surface area contributed by atoms with E-state index in [9.17, 15) is 4.79 Å². The lowest BCUT2D eigenvalue weighted by Gasteiger charge is -2.03. The molecule has 3 nitrogen and oxygen atoms in total. The van der Waals surface area contributed by atoms with Crippen molar-refractivity contribution in [2.24, 2.45) is 0 Å². The van der Waals surface area contributed by atoms with E-state index in [1.54, 1.807) is 13.2 Å². The fraction of sp³-hybridized carbons (Fsp3) is 0.0909. The first-order valence-electron chi connectivity index (χ1n) is 4.39. The maximum absolute atomic E-state index is 10.9. The highest BCUT2D eigenvalue weighted by Gasteiger charge is 2.11. The lowest BCUT2D eigenvalue weighted by molar-refractivity contribution is 0.112.